The minimum absolute atomic E-state index is 0.00929. The molecule has 0 aliphatic heterocycles. The summed E-state index contributed by atoms with van der Waals surface area (Å²) in [6.45, 7) is 7.90. The summed E-state index contributed by atoms with van der Waals surface area (Å²) in [4.78, 5) is 33.8. The molecule has 0 radical (unpaired) electrons. The highest BCUT2D eigenvalue weighted by molar-refractivity contribution is 6.31. The lowest BCUT2D eigenvalue weighted by Gasteiger charge is -2.14. The van der Waals surface area contributed by atoms with E-state index in [4.69, 9.17) is 16.3 Å². The van der Waals surface area contributed by atoms with Crippen molar-refractivity contribution in [2.45, 2.75) is 40.3 Å². The molecule has 4 rings (SSSR count). The number of nitrogens with one attached hydrogen (secondary N) is 2. The average Bonchev–Trinajstić information content (AvgIpc) is 3.21. The van der Waals surface area contributed by atoms with Crippen LogP contribution in [0.3, 0.4) is 0 Å². The van der Waals surface area contributed by atoms with Crippen LogP contribution in [0, 0.1) is 13.8 Å². The van der Waals surface area contributed by atoms with E-state index in [0.717, 1.165) is 11.1 Å². The summed E-state index contributed by atoms with van der Waals surface area (Å²) in [5.74, 6) is 0.677. The molecule has 2 aromatic carbocycles. The molecule has 0 aliphatic rings. The highest BCUT2D eigenvalue weighted by Crippen LogP contribution is 2.29. The van der Waals surface area contributed by atoms with Crippen LogP contribution in [0.15, 0.2) is 53.6 Å². The molecule has 34 heavy (non-hydrogen) atoms. The van der Waals surface area contributed by atoms with E-state index in [1.807, 2.05) is 45.9 Å². The standard InChI is InChI=1S/C24H25ClN6O3/c1-14(2)30-13-26-23-27-19(11-22(32)31(23)30)12-34-21-8-6-17(25)10-20(21)29-24(33)28-18-7-5-15(3)16(4)9-18/h5-11,13-14H,12H2,1-4H3,(H2,28,29,33). The van der Waals surface area contributed by atoms with Crippen molar-refractivity contribution >= 4 is 34.8 Å². The molecule has 9 nitrogen and oxygen atoms in total. The average molecular weight is 481 g/mol. The number of urea groups is 1. The molecule has 2 N–H and O–H groups in total. The number of anilines is 2. The molecule has 0 fully saturated rings. The second-order valence-corrected chi connectivity index (χ2v) is 8.66. The van der Waals surface area contributed by atoms with Gasteiger partial charge in [-0.1, -0.05) is 17.7 Å². The van der Waals surface area contributed by atoms with Gasteiger partial charge in [-0.2, -0.15) is 9.50 Å². The second kappa shape index (κ2) is 9.56. The number of benzene rings is 2. The van der Waals surface area contributed by atoms with Gasteiger partial charge in [0.15, 0.2) is 0 Å². The van der Waals surface area contributed by atoms with Gasteiger partial charge in [0.1, 0.15) is 18.7 Å². The quantitative estimate of drug-likeness (QED) is 0.406. The Morgan fingerprint density at radius 1 is 1.09 bits per heavy atom. The summed E-state index contributed by atoms with van der Waals surface area (Å²) in [5.41, 5.74) is 3.43. The normalized spacial score (nSPS) is 11.1. The number of ether oxygens (including phenoxy) is 1. The maximum atomic E-state index is 12.6. The topological polar surface area (TPSA) is 103 Å². The van der Waals surface area contributed by atoms with E-state index in [0.29, 0.717) is 33.6 Å². The monoisotopic (exact) mass is 480 g/mol. The number of amides is 2. The number of hydrogen-bond donors (Lipinski definition) is 2. The molecule has 4 aromatic rings. The Hall–Kier alpha value is -3.85. The molecule has 2 aromatic heterocycles. The molecule has 0 saturated heterocycles. The van der Waals surface area contributed by atoms with E-state index in [2.05, 4.69) is 20.6 Å². The number of nitrogens with zero attached hydrogens (tertiary/aromatic N) is 4. The third kappa shape index (κ3) is 5.04. The molecule has 0 aliphatic carbocycles. The number of hydrogen-bond acceptors (Lipinski definition) is 5. The Morgan fingerprint density at radius 2 is 1.88 bits per heavy atom. The van der Waals surface area contributed by atoms with Gasteiger partial charge in [-0.25, -0.2) is 9.78 Å². The maximum absolute atomic E-state index is 12.6. The van der Waals surface area contributed by atoms with E-state index in [-0.39, 0.29) is 18.2 Å². The zero-order valence-corrected chi connectivity index (χ0v) is 20.1. The summed E-state index contributed by atoms with van der Waals surface area (Å²) in [7, 11) is 0. The zero-order chi connectivity index (χ0) is 24.4. The van der Waals surface area contributed by atoms with Gasteiger partial charge in [0.25, 0.3) is 11.3 Å². The first-order valence-electron chi connectivity index (χ1n) is 10.7. The molecule has 0 unspecified atom stereocenters. The second-order valence-electron chi connectivity index (χ2n) is 8.22. The van der Waals surface area contributed by atoms with E-state index in [1.54, 1.807) is 29.2 Å². The summed E-state index contributed by atoms with van der Waals surface area (Å²) in [6, 6.07) is 11.6. The van der Waals surface area contributed by atoms with Crippen LogP contribution in [0.25, 0.3) is 5.78 Å². The number of carbonyl (C=O) groups excluding carboxylic acids is 1. The smallest absolute Gasteiger partial charge is 0.323 e. The Bertz CT molecular complexity index is 1430. The zero-order valence-electron chi connectivity index (χ0n) is 19.3. The molecule has 2 amide bonds. The highest BCUT2D eigenvalue weighted by atomic mass is 35.5. The maximum Gasteiger partial charge on any atom is 0.323 e. The Labute approximate surface area is 201 Å². The van der Waals surface area contributed by atoms with E-state index < -0.39 is 6.03 Å². The van der Waals surface area contributed by atoms with Gasteiger partial charge in [-0.3, -0.25) is 9.48 Å². The number of carbonyl (C=O) groups is 1. The van der Waals surface area contributed by atoms with Crippen molar-refractivity contribution in [3.63, 3.8) is 0 Å². The number of rotatable bonds is 6. The number of fused-ring (bicyclic) bond motifs is 1. The fourth-order valence-corrected chi connectivity index (χ4v) is 3.56. The molecule has 0 spiro atoms. The largest absolute Gasteiger partial charge is 0.485 e. The van der Waals surface area contributed by atoms with Crippen molar-refractivity contribution in [1.82, 2.24) is 19.2 Å². The van der Waals surface area contributed by atoms with Crippen LogP contribution in [0.1, 0.15) is 36.7 Å². The van der Waals surface area contributed by atoms with Crippen molar-refractivity contribution < 1.29 is 9.53 Å². The van der Waals surface area contributed by atoms with Crippen LogP contribution in [0.5, 0.6) is 5.75 Å². The van der Waals surface area contributed by atoms with Gasteiger partial charge in [-0.05, 0) is 69.2 Å². The molecular weight excluding hydrogens is 456 g/mol. The molecule has 10 heteroatoms. The first kappa shape index (κ1) is 23.3. The fourth-order valence-electron chi connectivity index (χ4n) is 3.39. The molecule has 176 valence electrons. The lowest BCUT2D eigenvalue weighted by Crippen LogP contribution is -2.23. The van der Waals surface area contributed by atoms with Crippen molar-refractivity contribution in [3.8, 4) is 5.75 Å². The number of halogens is 1. The third-order valence-electron chi connectivity index (χ3n) is 5.31. The lowest BCUT2D eigenvalue weighted by molar-refractivity contribution is 0.261. The summed E-state index contributed by atoms with van der Waals surface area (Å²) >= 11 is 6.14. The first-order valence-corrected chi connectivity index (χ1v) is 11.1. The highest BCUT2D eigenvalue weighted by Gasteiger charge is 2.13. The Kier molecular flexibility index (Phi) is 6.56. The van der Waals surface area contributed by atoms with E-state index >= 15 is 0 Å². The van der Waals surface area contributed by atoms with Gasteiger partial charge >= 0.3 is 6.03 Å². The van der Waals surface area contributed by atoms with Gasteiger partial charge in [0.05, 0.1) is 11.4 Å². The van der Waals surface area contributed by atoms with Crippen molar-refractivity contribution in [2.24, 2.45) is 0 Å². The molecule has 2 heterocycles. The molecule has 0 saturated carbocycles. The van der Waals surface area contributed by atoms with Crippen molar-refractivity contribution in [1.29, 1.82) is 0 Å². The fraction of sp³-hybridized carbons (Fsp3) is 0.250. The van der Waals surface area contributed by atoms with Crippen molar-refractivity contribution in [2.75, 3.05) is 10.6 Å². The molecule has 0 atom stereocenters. The Balaban J connectivity index is 1.50. The predicted octanol–water partition coefficient (Wildman–Crippen LogP) is 4.97. The van der Waals surface area contributed by atoms with Gasteiger partial charge in [0.2, 0.25) is 0 Å². The molecular formula is C24H25ClN6O3. The lowest BCUT2D eigenvalue weighted by atomic mass is 10.1. The third-order valence-corrected chi connectivity index (χ3v) is 5.55. The first-order chi connectivity index (χ1) is 16.2. The number of aromatic nitrogens is 4. The van der Waals surface area contributed by atoms with Gasteiger partial charge in [-0.15, -0.1) is 0 Å². The summed E-state index contributed by atoms with van der Waals surface area (Å²) < 4.78 is 9.01. The predicted molar refractivity (Wildman–Crippen MR) is 132 cm³/mol. The van der Waals surface area contributed by atoms with Crippen LogP contribution in [0.4, 0.5) is 16.2 Å². The van der Waals surface area contributed by atoms with E-state index in [1.165, 1.54) is 10.6 Å². The van der Waals surface area contributed by atoms with Crippen LogP contribution in [-0.4, -0.2) is 25.2 Å². The van der Waals surface area contributed by atoms with Crippen LogP contribution in [-0.2, 0) is 6.61 Å². The number of aryl methyl sites for hydroxylation is 2. The van der Waals surface area contributed by atoms with Crippen LogP contribution >= 0.6 is 11.6 Å². The van der Waals surface area contributed by atoms with Gasteiger partial charge < -0.3 is 15.4 Å². The van der Waals surface area contributed by atoms with Gasteiger partial charge in [0, 0.05) is 22.8 Å². The minimum Gasteiger partial charge on any atom is -0.485 e. The van der Waals surface area contributed by atoms with Crippen LogP contribution in [0.2, 0.25) is 5.02 Å². The Morgan fingerprint density at radius 3 is 2.62 bits per heavy atom. The summed E-state index contributed by atoms with van der Waals surface area (Å²) in [5, 5.41) is 6.00. The van der Waals surface area contributed by atoms with E-state index in [9.17, 15) is 9.59 Å². The van der Waals surface area contributed by atoms with Crippen LogP contribution < -0.4 is 20.9 Å². The summed E-state index contributed by atoms with van der Waals surface area (Å²) in [6.07, 6.45) is 1.58. The van der Waals surface area contributed by atoms with Crippen molar-refractivity contribution in [3.05, 3.63) is 81.0 Å². The minimum atomic E-state index is -0.438. The molecule has 0 bridgehead atoms. The SMILES string of the molecule is Cc1ccc(NC(=O)Nc2cc(Cl)ccc2OCc2cc(=O)n3c(ncn3C(C)C)n2)cc1C.